The maximum absolute atomic E-state index is 5.22. The van der Waals surface area contributed by atoms with Gasteiger partial charge in [-0.1, -0.05) is 57.2 Å². The van der Waals surface area contributed by atoms with Gasteiger partial charge in [0.25, 0.3) is 0 Å². The van der Waals surface area contributed by atoms with Gasteiger partial charge in [0, 0.05) is 0 Å². The minimum absolute atomic E-state index is 0.519. The summed E-state index contributed by atoms with van der Waals surface area (Å²) in [6.45, 7) is 6.83. The minimum atomic E-state index is 0.519. The van der Waals surface area contributed by atoms with Crippen molar-refractivity contribution in [2.45, 2.75) is 39.5 Å². The van der Waals surface area contributed by atoms with Crippen LogP contribution in [0.5, 0.6) is 5.75 Å². The first-order valence-corrected chi connectivity index (χ1v) is 7.80. The van der Waals surface area contributed by atoms with E-state index in [1.54, 1.807) is 7.11 Å². The van der Waals surface area contributed by atoms with E-state index in [4.69, 9.17) is 4.74 Å². The zero-order chi connectivity index (χ0) is 15.2. The van der Waals surface area contributed by atoms with Gasteiger partial charge in [0.15, 0.2) is 0 Å². The van der Waals surface area contributed by atoms with Gasteiger partial charge >= 0.3 is 0 Å². The largest absolute Gasteiger partial charge is 0.497 e. The summed E-state index contributed by atoms with van der Waals surface area (Å²) < 4.78 is 5.22. The highest BCUT2D eigenvalue weighted by atomic mass is 16.5. The molecular formula is C20H26O. The molecule has 0 heterocycles. The number of benzene rings is 2. The summed E-state index contributed by atoms with van der Waals surface area (Å²) in [6.07, 6.45) is 2.24. The molecule has 1 unspecified atom stereocenters. The zero-order valence-electron chi connectivity index (χ0n) is 13.6. The van der Waals surface area contributed by atoms with E-state index in [0.717, 1.165) is 18.6 Å². The summed E-state index contributed by atoms with van der Waals surface area (Å²) in [4.78, 5) is 0. The molecule has 112 valence electrons. The van der Waals surface area contributed by atoms with Gasteiger partial charge in [-0.3, -0.25) is 0 Å². The molecule has 0 fully saturated rings. The Morgan fingerprint density at radius 2 is 1.48 bits per heavy atom. The second-order valence-electron chi connectivity index (χ2n) is 6.30. The number of hydrogen-bond donors (Lipinski definition) is 0. The van der Waals surface area contributed by atoms with Gasteiger partial charge < -0.3 is 4.74 Å². The maximum atomic E-state index is 5.22. The second-order valence-corrected chi connectivity index (χ2v) is 6.30. The molecule has 0 aliphatic heterocycles. The number of rotatable bonds is 6. The number of ether oxygens (including phenoxy) is 1. The third kappa shape index (κ3) is 4.63. The molecule has 1 heteroatoms. The van der Waals surface area contributed by atoms with E-state index in [9.17, 15) is 0 Å². The van der Waals surface area contributed by atoms with Crippen LogP contribution in [0.4, 0.5) is 0 Å². The molecule has 1 nitrogen and oxygen atoms in total. The van der Waals surface area contributed by atoms with Crippen molar-refractivity contribution in [3.05, 3.63) is 65.2 Å². The van der Waals surface area contributed by atoms with Crippen LogP contribution in [0.2, 0.25) is 0 Å². The van der Waals surface area contributed by atoms with Crippen molar-refractivity contribution in [1.82, 2.24) is 0 Å². The van der Waals surface area contributed by atoms with Gasteiger partial charge in [-0.25, -0.2) is 0 Å². The van der Waals surface area contributed by atoms with Crippen LogP contribution in [-0.4, -0.2) is 7.11 Å². The lowest BCUT2D eigenvalue weighted by Crippen LogP contribution is -2.00. The Kier molecular flexibility index (Phi) is 5.44. The van der Waals surface area contributed by atoms with Crippen LogP contribution < -0.4 is 4.74 Å². The van der Waals surface area contributed by atoms with Crippen LogP contribution in [0.15, 0.2) is 48.5 Å². The molecular weight excluding hydrogens is 256 g/mol. The zero-order valence-corrected chi connectivity index (χ0v) is 13.6. The molecule has 2 aromatic rings. The van der Waals surface area contributed by atoms with E-state index in [0.29, 0.717) is 11.8 Å². The minimum Gasteiger partial charge on any atom is -0.497 e. The predicted octanol–water partition coefficient (Wildman–Crippen LogP) is 5.24. The summed E-state index contributed by atoms with van der Waals surface area (Å²) in [6, 6.07) is 17.4. The second kappa shape index (κ2) is 7.31. The summed E-state index contributed by atoms with van der Waals surface area (Å²) >= 11 is 0. The van der Waals surface area contributed by atoms with E-state index >= 15 is 0 Å². The highest BCUT2D eigenvalue weighted by Gasteiger charge is 2.08. The molecule has 0 aliphatic carbocycles. The molecule has 0 bridgehead atoms. The van der Waals surface area contributed by atoms with Crippen LogP contribution in [0.25, 0.3) is 0 Å². The van der Waals surface area contributed by atoms with Gasteiger partial charge in [0.1, 0.15) is 5.75 Å². The van der Waals surface area contributed by atoms with E-state index in [2.05, 4.69) is 57.2 Å². The maximum Gasteiger partial charge on any atom is 0.118 e. The smallest absolute Gasteiger partial charge is 0.118 e. The van der Waals surface area contributed by atoms with E-state index < -0.39 is 0 Å². The van der Waals surface area contributed by atoms with Crippen LogP contribution in [0.3, 0.4) is 0 Å². The molecule has 0 saturated heterocycles. The molecule has 21 heavy (non-hydrogen) atoms. The van der Waals surface area contributed by atoms with Crippen molar-refractivity contribution in [3.8, 4) is 5.75 Å². The van der Waals surface area contributed by atoms with E-state index in [1.165, 1.54) is 16.7 Å². The Balaban J connectivity index is 2.05. The highest BCUT2D eigenvalue weighted by Crippen LogP contribution is 2.23. The lowest BCUT2D eigenvalue weighted by atomic mass is 9.92. The fraction of sp³-hybridized carbons (Fsp3) is 0.400. The monoisotopic (exact) mass is 282 g/mol. The van der Waals surface area contributed by atoms with Crippen molar-refractivity contribution in [1.29, 1.82) is 0 Å². The first kappa shape index (κ1) is 15.6. The van der Waals surface area contributed by atoms with Crippen LogP contribution in [0.1, 0.15) is 43.4 Å². The van der Waals surface area contributed by atoms with Crippen LogP contribution in [0, 0.1) is 5.92 Å². The number of hydrogen-bond acceptors (Lipinski definition) is 1. The summed E-state index contributed by atoms with van der Waals surface area (Å²) in [5.41, 5.74) is 4.24. The number of methoxy groups -OCH3 is 1. The van der Waals surface area contributed by atoms with E-state index in [-0.39, 0.29) is 0 Å². The average Bonchev–Trinajstić information content (AvgIpc) is 2.47. The normalized spacial score (nSPS) is 12.4. The molecule has 2 aromatic carbocycles. The Bertz CT molecular complexity index is 554. The fourth-order valence-electron chi connectivity index (χ4n) is 2.76. The summed E-state index contributed by atoms with van der Waals surface area (Å²) in [5.74, 6) is 2.15. The SMILES string of the molecule is COc1ccc(C(C)Cc2cccc(CC(C)C)c2)cc1. The topological polar surface area (TPSA) is 9.23 Å². The van der Waals surface area contributed by atoms with Crippen molar-refractivity contribution < 1.29 is 4.74 Å². The molecule has 0 N–H and O–H groups in total. The average molecular weight is 282 g/mol. The molecule has 0 spiro atoms. The van der Waals surface area contributed by atoms with Gasteiger partial charge in [-0.05, 0) is 53.5 Å². The highest BCUT2D eigenvalue weighted by molar-refractivity contribution is 5.31. The molecule has 2 rings (SSSR count). The van der Waals surface area contributed by atoms with Gasteiger partial charge in [0.05, 0.1) is 7.11 Å². The molecule has 0 aliphatic rings. The van der Waals surface area contributed by atoms with Gasteiger partial charge in [0.2, 0.25) is 0 Å². The standard InChI is InChI=1S/C20H26O/c1-15(2)12-17-6-5-7-18(14-17)13-16(3)19-8-10-20(21-4)11-9-19/h5-11,14-16H,12-13H2,1-4H3. The van der Waals surface area contributed by atoms with Gasteiger partial charge in [-0.2, -0.15) is 0 Å². The van der Waals surface area contributed by atoms with Crippen LogP contribution in [-0.2, 0) is 12.8 Å². The molecule has 0 amide bonds. The fourth-order valence-corrected chi connectivity index (χ4v) is 2.76. The van der Waals surface area contributed by atoms with Crippen molar-refractivity contribution >= 4 is 0 Å². The summed E-state index contributed by atoms with van der Waals surface area (Å²) in [7, 11) is 1.71. The molecule has 0 radical (unpaired) electrons. The quantitative estimate of drug-likeness (QED) is 0.704. The Hall–Kier alpha value is -1.76. The molecule has 1 atom stereocenters. The summed E-state index contributed by atoms with van der Waals surface area (Å²) in [5, 5.41) is 0. The first-order valence-electron chi connectivity index (χ1n) is 7.80. The Labute approximate surface area is 129 Å². The van der Waals surface area contributed by atoms with Gasteiger partial charge in [-0.15, -0.1) is 0 Å². The molecule has 0 saturated carbocycles. The van der Waals surface area contributed by atoms with Crippen molar-refractivity contribution in [2.24, 2.45) is 5.92 Å². The lowest BCUT2D eigenvalue weighted by molar-refractivity contribution is 0.414. The lowest BCUT2D eigenvalue weighted by Gasteiger charge is -2.14. The van der Waals surface area contributed by atoms with Crippen LogP contribution >= 0.6 is 0 Å². The van der Waals surface area contributed by atoms with E-state index in [1.807, 2.05) is 12.1 Å². The Morgan fingerprint density at radius 1 is 0.857 bits per heavy atom. The Morgan fingerprint density at radius 3 is 2.05 bits per heavy atom. The predicted molar refractivity (Wildman–Crippen MR) is 90.1 cm³/mol. The third-order valence-electron chi connectivity index (χ3n) is 3.86. The third-order valence-corrected chi connectivity index (χ3v) is 3.86. The molecule has 0 aromatic heterocycles. The first-order chi connectivity index (χ1) is 10.1. The van der Waals surface area contributed by atoms with Crippen molar-refractivity contribution in [3.63, 3.8) is 0 Å². The van der Waals surface area contributed by atoms with Crippen molar-refractivity contribution in [2.75, 3.05) is 7.11 Å².